The highest BCUT2D eigenvalue weighted by molar-refractivity contribution is 5.76. The molecule has 1 heterocycles. The van der Waals surface area contributed by atoms with Gasteiger partial charge in [-0.05, 0) is 69.0 Å². The first-order chi connectivity index (χ1) is 8.00. The Kier molecular flexibility index (Phi) is 3.05. The zero-order valence-corrected chi connectivity index (χ0v) is 11.3. The minimum Gasteiger partial charge on any atom is -0.258 e. The van der Waals surface area contributed by atoms with Crippen LogP contribution in [0.4, 0.5) is 5.69 Å². The van der Waals surface area contributed by atoms with Gasteiger partial charge in [0, 0.05) is 6.21 Å². The van der Waals surface area contributed by atoms with E-state index in [9.17, 15) is 0 Å². The van der Waals surface area contributed by atoms with E-state index < -0.39 is 0 Å². The molecule has 0 radical (unpaired) electrons. The molecule has 0 amide bonds. The van der Waals surface area contributed by atoms with Crippen molar-refractivity contribution < 1.29 is 0 Å². The van der Waals surface area contributed by atoms with Gasteiger partial charge in [0.2, 0.25) is 0 Å². The van der Waals surface area contributed by atoms with Gasteiger partial charge in [0.05, 0.1) is 11.7 Å². The zero-order chi connectivity index (χ0) is 12.6. The van der Waals surface area contributed by atoms with E-state index in [4.69, 9.17) is 0 Å². The van der Waals surface area contributed by atoms with E-state index in [1.165, 1.54) is 28.0 Å². The van der Waals surface area contributed by atoms with Crippen molar-refractivity contribution in [3.63, 3.8) is 0 Å². The standard InChI is InChI=1S/C15H20N2/c1-10-6-7-16-17(14(10)5)15-9-12(3)11(2)8-13(15)4/h6-9,14H,1-5H3. The molecule has 0 aliphatic carbocycles. The summed E-state index contributed by atoms with van der Waals surface area (Å²) in [6.45, 7) is 10.8. The van der Waals surface area contributed by atoms with Gasteiger partial charge in [-0.25, -0.2) is 0 Å². The Bertz CT molecular complexity index is 498. The van der Waals surface area contributed by atoms with Crippen LogP contribution in [-0.2, 0) is 0 Å². The Morgan fingerprint density at radius 3 is 2.35 bits per heavy atom. The van der Waals surface area contributed by atoms with Crippen LogP contribution in [0.3, 0.4) is 0 Å². The average Bonchev–Trinajstić information content (AvgIpc) is 2.28. The monoisotopic (exact) mass is 228 g/mol. The summed E-state index contributed by atoms with van der Waals surface area (Å²) in [7, 11) is 0. The molecule has 0 bridgehead atoms. The predicted octanol–water partition coefficient (Wildman–Crippen LogP) is 3.75. The van der Waals surface area contributed by atoms with Crippen molar-refractivity contribution >= 4 is 11.9 Å². The molecule has 2 nitrogen and oxygen atoms in total. The van der Waals surface area contributed by atoms with Crippen molar-refractivity contribution in [3.05, 3.63) is 40.5 Å². The van der Waals surface area contributed by atoms with Gasteiger partial charge in [0.1, 0.15) is 0 Å². The van der Waals surface area contributed by atoms with Crippen LogP contribution in [0.15, 0.2) is 28.9 Å². The molecule has 2 rings (SSSR count). The maximum atomic E-state index is 4.49. The third kappa shape index (κ3) is 2.12. The average molecular weight is 228 g/mol. The predicted molar refractivity (Wildman–Crippen MR) is 74.8 cm³/mol. The van der Waals surface area contributed by atoms with Crippen LogP contribution in [0.1, 0.15) is 30.5 Å². The van der Waals surface area contributed by atoms with Crippen molar-refractivity contribution in [3.8, 4) is 0 Å². The maximum Gasteiger partial charge on any atom is 0.0708 e. The van der Waals surface area contributed by atoms with Gasteiger partial charge in [-0.2, -0.15) is 5.10 Å². The summed E-state index contributed by atoms with van der Waals surface area (Å²) < 4.78 is 0. The molecule has 17 heavy (non-hydrogen) atoms. The molecule has 1 aliphatic heterocycles. The fourth-order valence-electron chi connectivity index (χ4n) is 2.12. The van der Waals surface area contributed by atoms with E-state index in [-0.39, 0.29) is 0 Å². The molecule has 1 aliphatic rings. The van der Waals surface area contributed by atoms with Gasteiger partial charge in [-0.15, -0.1) is 0 Å². The second-order valence-electron chi connectivity index (χ2n) is 4.92. The van der Waals surface area contributed by atoms with E-state index in [1.54, 1.807) is 0 Å². The lowest BCUT2D eigenvalue weighted by Crippen LogP contribution is -2.32. The van der Waals surface area contributed by atoms with E-state index in [0.29, 0.717) is 6.04 Å². The number of anilines is 1. The molecule has 0 saturated heterocycles. The van der Waals surface area contributed by atoms with Gasteiger partial charge in [0.15, 0.2) is 0 Å². The summed E-state index contributed by atoms with van der Waals surface area (Å²) in [5.74, 6) is 0. The number of hydrogen-bond donors (Lipinski definition) is 0. The maximum absolute atomic E-state index is 4.49. The third-order valence-corrected chi connectivity index (χ3v) is 3.61. The highest BCUT2D eigenvalue weighted by Gasteiger charge is 2.19. The highest BCUT2D eigenvalue weighted by Crippen LogP contribution is 2.28. The van der Waals surface area contributed by atoms with Crippen molar-refractivity contribution in [1.82, 2.24) is 0 Å². The van der Waals surface area contributed by atoms with Crippen molar-refractivity contribution in [2.45, 2.75) is 40.7 Å². The zero-order valence-electron chi connectivity index (χ0n) is 11.3. The number of benzene rings is 1. The van der Waals surface area contributed by atoms with Crippen LogP contribution in [-0.4, -0.2) is 12.3 Å². The lowest BCUT2D eigenvalue weighted by molar-refractivity contribution is 0.727. The minimum absolute atomic E-state index is 0.334. The molecule has 1 aromatic carbocycles. The first kappa shape index (κ1) is 11.9. The van der Waals surface area contributed by atoms with Crippen LogP contribution in [0, 0.1) is 20.8 Å². The second-order valence-corrected chi connectivity index (χ2v) is 4.92. The first-order valence-electron chi connectivity index (χ1n) is 6.08. The van der Waals surface area contributed by atoms with Crippen molar-refractivity contribution in [1.29, 1.82) is 0 Å². The van der Waals surface area contributed by atoms with Crippen LogP contribution >= 0.6 is 0 Å². The van der Waals surface area contributed by atoms with Gasteiger partial charge in [-0.1, -0.05) is 6.07 Å². The van der Waals surface area contributed by atoms with Crippen molar-refractivity contribution in [2.24, 2.45) is 5.10 Å². The molecule has 0 saturated carbocycles. The Morgan fingerprint density at radius 1 is 1.00 bits per heavy atom. The number of rotatable bonds is 1. The molecular weight excluding hydrogens is 208 g/mol. The van der Waals surface area contributed by atoms with E-state index in [0.717, 1.165) is 0 Å². The fraction of sp³-hybridized carbons (Fsp3) is 0.400. The molecule has 90 valence electrons. The quantitative estimate of drug-likeness (QED) is 0.714. The van der Waals surface area contributed by atoms with E-state index >= 15 is 0 Å². The SMILES string of the molecule is CC1=CC=NN(c2cc(C)c(C)cc2C)C1C. The molecule has 0 fully saturated rings. The van der Waals surface area contributed by atoms with Gasteiger partial charge >= 0.3 is 0 Å². The van der Waals surface area contributed by atoms with E-state index in [2.05, 4.69) is 62.9 Å². The molecule has 1 atom stereocenters. The minimum atomic E-state index is 0.334. The molecule has 1 unspecified atom stereocenters. The van der Waals surface area contributed by atoms with Crippen LogP contribution in [0.25, 0.3) is 0 Å². The number of aryl methyl sites for hydroxylation is 3. The van der Waals surface area contributed by atoms with Gasteiger partial charge in [0.25, 0.3) is 0 Å². The molecular formula is C15H20N2. The summed E-state index contributed by atoms with van der Waals surface area (Å²) in [6, 6.07) is 4.80. The Hall–Kier alpha value is -1.57. The topological polar surface area (TPSA) is 15.6 Å². The summed E-state index contributed by atoms with van der Waals surface area (Å²) in [5, 5.41) is 6.60. The molecule has 1 aromatic rings. The normalized spacial score (nSPS) is 19.5. The van der Waals surface area contributed by atoms with Crippen LogP contribution in [0.2, 0.25) is 0 Å². The first-order valence-corrected chi connectivity index (χ1v) is 6.08. The molecule has 0 N–H and O–H groups in total. The number of hydrazone groups is 1. The van der Waals surface area contributed by atoms with Gasteiger partial charge in [-0.3, -0.25) is 5.01 Å². The number of allylic oxidation sites excluding steroid dienone is 1. The Labute approximate surface area is 104 Å². The molecule has 0 aromatic heterocycles. The summed E-state index contributed by atoms with van der Waals surface area (Å²) in [4.78, 5) is 0. The molecule has 0 spiro atoms. The van der Waals surface area contributed by atoms with Crippen LogP contribution < -0.4 is 5.01 Å². The highest BCUT2D eigenvalue weighted by atomic mass is 15.5. The largest absolute Gasteiger partial charge is 0.258 e. The number of nitrogens with zero attached hydrogens (tertiary/aromatic N) is 2. The Balaban J connectivity index is 2.45. The van der Waals surface area contributed by atoms with Gasteiger partial charge < -0.3 is 0 Å². The summed E-state index contributed by atoms with van der Waals surface area (Å²) >= 11 is 0. The smallest absolute Gasteiger partial charge is 0.0708 e. The summed E-state index contributed by atoms with van der Waals surface area (Å²) in [6.07, 6.45) is 3.96. The summed E-state index contributed by atoms with van der Waals surface area (Å²) in [5.41, 5.74) is 6.50. The van der Waals surface area contributed by atoms with E-state index in [1.807, 2.05) is 6.21 Å². The third-order valence-electron chi connectivity index (χ3n) is 3.61. The second kappa shape index (κ2) is 4.36. The number of hydrogen-bond acceptors (Lipinski definition) is 2. The lowest BCUT2D eigenvalue weighted by Gasteiger charge is -2.31. The lowest BCUT2D eigenvalue weighted by atomic mass is 10.0. The van der Waals surface area contributed by atoms with Crippen molar-refractivity contribution in [2.75, 3.05) is 5.01 Å². The van der Waals surface area contributed by atoms with Crippen LogP contribution in [0.5, 0.6) is 0 Å². The fourth-order valence-corrected chi connectivity index (χ4v) is 2.12. The molecule has 2 heteroatoms. The Morgan fingerprint density at radius 2 is 1.65 bits per heavy atom.